The topological polar surface area (TPSA) is 72.5 Å². The van der Waals surface area contributed by atoms with Crippen molar-refractivity contribution in [1.29, 1.82) is 0 Å². The van der Waals surface area contributed by atoms with Crippen LogP contribution in [0.1, 0.15) is 0 Å². The van der Waals surface area contributed by atoms with E-state index in [1.54, 1.807) is 31.5 Å². The molecule has 0 atom stereocenters. The standard InChI is InChI=1S/C18H17N3O3/c1-23-14-7-8-16(17(10-14)24-2)21-18(22)20-13-9-12-5-3-4-6-15(12)19-11-13/h3-11H,1-2H3,(H2,20,21,22). The molecular formula is C18H17N3O3. The molecule has 6 heteroatoms. The van der Waals surface area contributed by atoms with Crippen LogP contribution in [0.15, 0.2) is 54.7 Å². The lowest BCUT2D eigenvalue weighted by molar-refractivity contribution is 0.262. The van der Waals surface area contributed by atoms with Crippen LogP contribution in [0.4, 0.5) is 16.2 Å². The highest BCUT2D eigenvalue weighted by Gasteiger charge is 2.09. The number of para-hydroxylation sites is 1. The zero-order chi connectivity index (χ0) is 16.9. The number of methoxy groups -OCH3 is 2. The first-order valence-corrected chi connectivity index (χ1v) is 7.34. The van der Waals surface area contributed by atoms with E-state index >= 15 is 0 Å². The maximum atomic E-state index is 12.2. The summed E-state index contributed by atoms with van der Waals surface area (Å²) in [6.45, 7) is 0. The number of fused-ring (bicyclic) bond motifs is 1. The van der Waals surface area contributed by atoms with Crippen molar-refractivity contribution in [2.24, 2.45) is 0 Å². The molecule has 3 aromatic rings. The van der Waals surface area contributed by atoms with Gasteiger partial charge in [-0.15, -0.1) is 0 Å². The average molecular weight is 323 g/mol. The number of pyridine rings is 1. The van der Waals surface area contributed by atoms with Gasteiger partial charge in [0.15, 0.2) is 0 Å². The molecule has 24 heavy (non-hydrogen) atoms. The molecule has 0 spiro atoms. The summed E-state index contributed by atoms with van der Waals surface area (Å²) < 4.78 is 10.4. The van der Waals surface area contributed by atoms with Crippen LogP contribution in [0.3, 0.4) is 0 Å². The van der Waals surface area contributed by atoms with E-state index in [1.165, 1.54) is 7.11 Å². The molecule has 0 bridgehead atoms. The lowest BCUT2D eigenvalue weighted by Gasteiger charge is -2.12. The fourth-order valence-corrected chi connectivity index (χ4v) is 2.33. The third kappa shape index (κ3) is 3.38. The number of aromatic nitrogens is 1. The number of amides is 2. The fraction of sp³-hybridized carbons (Fsp3) is 0.111. The molecule has 3 rings (SSSR count). The highest BCUT2D eigenvalue weighted by Crippen LogP contribution is 2.29. The van der Waals surface area contributed by atoms with E-state index < -0.39 is 0 Å². The van der Waals surface area contributed by atoms with Crippen LogP contribution in [0.5, 0.6) is 11.5 Å². The highest BCUT2D eigenvalue weighted by molar-refractivity contribution is 6.01. The molecule has 2 N–H and O–H groups in total. The summed E-state index contributed by atoms with van der Waals surface area (Å²) in [5.41, 5.74) is 2.03. The molecule has 1 aromatic heterocycles. The van der Waals surface area contributed by atoms with Crippen molar-refractivity contribution in [2.75, 3.05) is 24.9 Å². The van der Waals surface area contributed by atoms with Crippen LogP contribution < -0.4 is 20.1 Å². The van der Waals surface area contributed by atoms with Gasteiger partial charge in [-0.1, -0.05) is 18.2 Å². The van der Waals surface area contributed by atoms with Crippen LogP contribution in [0.25, 0.3) is 10.9 Å². The van der Waals surface area contributed by atoms with Gasteiger partial charge in [0, 0.05) is 11.5 Å². The van der Waals surface area contributed by atoms with Crippen molar-refractivity contribution in [3.05, 3.63) is 54.7 Å². The molecule has 0 unspecified atom stereocenters. The SMILES string of the molecule is COc1ccc(NC(=O)Nc2cnc3ccccc3c2)c(OC)c1. The van der Waals surface area contributed by atoms with Gasteiger partial charge in [0.05, 0.1) is 37.3 Å². The quantitative estimate of drug-likeness (QED) is 0.764. The summed E-state index contributed by atoms with van der Waals surface area (Å²) in [6.07, 6.45) is 1.62. The molecule has 2 aromatic carbocycles. The number of hydrogen-bond acceptors (Lipinski definition) is 4. The second-order valence-corrected chi connectivity index (χ2v) is 5.06. The molecular weight excluding hydrogens is 306 g/mol. The molecule has 1 heterocycles. The molecule has 0 aliphatic rings. The van der Waals surface area contributed by atoms with Gasteiger partial charge in [-0.05, 0) is 24.3 Å². The number of nitrogens with one attached hydrogen (secondary N) is 2. The lowest BCUT2D eigenvalue weighted by atomic mass is 10.2. The van der Waals surface area contributed by atoms with Gasteiger partial charge in [0.1, 0.15) is 11.5 Å². The number of hydrogen-bond donors (Lipinski definition) is 2. The molecule has 0 aliphatic heterocycles. The summed E-state index contributed by atoms with van der Waals surface area (Å²) in [4.78, 5) is 16.5. The van der Waals surface area contributed by atoms with Crippen LogP contribution in [-0.2, 0) is 0 Å². The van der Waals surface area contributed by atoms with Crippen LogP contribution in [-0.4, -0.2) is 25.2 Å². The Morgan fingerprint density at radius 1 is 1.00 bits per heavy atom. The third-order valence-electron chi connectivity index (χ3n) is 3.51. The number of carbonyl (C=O) groups excluding carboxylic acids is 1. The van der Waals surface area contributed by atoms with E-state index in [0.29, 0.717) is 22.9 Å². The maximum absolute atomic E-state index is 12.2. The van der Waals surface area contributed by atoms with Crippen molar-refractivity contribution in [3.8, 4) is 11.5 Å². The van der Waals surface area contributed by atoms with Crippen molar-refractivity contribution in [3.63, 3.8) is 0 Å². The normalized spacial score (nSPS) is 10.2. The Labute approximate surface area is 139 Å². The van der Waals surface area contributed by atoms with E-state index in [2.05, 4.69) is 15.6 Å². The number of benzene rings is 2. The third-order valence-corrected chi connectivity index (χ3v) is 3.51. The Kier molecular flexibility index (Phi) is 4.47. The minimum atomic E-state index is -0.379. The molecule has 0 fully saturated rings. The summed E-state index contributed by atoms with van der Waals surface area (Å²) in [7, 11) is 3.10. The zero-order valence-corrected chi connectivity index (χ0v) is 13.4. The predicted molar refractivity (Wildman–Crippen MR) is 93.9 cm³/mol. The van der Waals surface area contributed by atoms with E-state index in [1.807, 2.05) is 30.3 Å². The van der Waals surface area contributed by atoms with Crippen LogP contribution in [0.2, 0.25) is 0 Å². The Bertz CT molecular complexity index is 880. The molecule has 2 amide bonds. The number of ether oxygens (including phenoxy) is 2. The Morgan fingerprint density at radius 2 is 1.83 bits per heavy atom. The van der Waals surface area contributed by atoms with Gasteiger partial charge in [0.25, 0.3) is 0 Å². The van der Waals surface area contributed by atoms with Gasteiger partial charge in [0.2, 0.25) is 0 Å². The molecule has 0 saturated carbocycles. The van der Waals surface area contributed by atoms with Gasteiger partial charge < -0.3 is 20.1 Å². The fourth-order valence-electron chi connectivity index (χ4n) is 2.33. The van der Waals surface area contributed by atoms with E-state index in [4.69, 9.17) is 9.47 Å². The van der Waals surface area contributed by atoms with E-state index in [-0.39, 0.29) is 6.03 Å². The lowest BCUT2D eigenvalue weighted by Crippen LogP contribution is -2.19. The first kappa shape index (κ1) is 15.6. The zero-order valence-electron chi connectivity index (χ0n) is 13.4. The smallest absolute Gasteiger partial charge is 0.323 e. The number of carbonyl (C=O) groups is 1. The number of anilines is 2. The molecule has 0 aliphatic carbocycles. The first-order chi connectivity index (χ1) is 11.7. The molecule has 0 radical (unpaired) electrons. The second kappa shape index (κ2) is 6.87. The number of urea groups is 1. The average Bonchev–Trinajstić information content (AvgIpc) is 2.62. The van der Waals surface area contributed by atoms with Gasteiger partial charge in [-0.2, -0.15) is 0 Å². The molecule has 0 saturated heterocycles. The van der Waals surface area contributed by atoms with E-state index in [9.17, 15) is 4.79 Å². The van der Waals surface area contributed by atoms with Crippen LogP contribution >= 0.6 is 0 Å². The van der Waals surface area contributed by atoms with E-state index in [0.717, 1.165) is 10.9 Å². The predicted octanol–water partition coefficient (Wildman–Crippen LogP) is 3.90. The second-order valence-electron chi connectivity index (χ2n) is 5.06. The van der Waals surface area contributed by atoms with Crippen molar-refractivity contribution < 1.29 is 14.3 Å². The number of nitrogens with zero attached hydrogens (tertiary/aromatic N) is 1. The highest BCUT2D eigenvalue weighted by atomic mass is 16.5. The Hall–Kier alpha value is -3.28. The van der Waals surface area contributed by atoms with Crippen molar-refractivity contribution in [1.82, 2.24) is 4.98 Å². The summed E-state index contributed by atoms with van der Waals surface area (Å²) in [5.74, 6) is 1.16. The minimum Gasteiger partial charge on any atom is -0.497 e. The van der Waals surface area contributed by atoms with Crippen LogP contribution in [0, 0.1) is 0 Å². The van der Waals surface area contributed by atoms with Gasteiger partial charge in [-0.25, -0.2) is 4.79 Å². The largest absolute Gasteiger partial charge is 0.497 e. The summed E-state index contributed by atoms with van der Waals surface area (Å²) >= 11 is 0. The minimum absolute atomic E-state index is 0.379. The summed E-state index contributed by atoms with van der Waals surface area (Å²) in [5, 5.41) is 6.47. The van der Waals surface area contributed by atoms with Gasteiger partial charge >= 0.3 is 6.03 Å². The summed E-state index contributed by atoms with van der Waals surface area (Å²) in [6, 6.07) is 14.4. The molecule has 122 valence electrons. The van der Waals surface area contributed by atoms with Gasteiger partial charge in [-0.3, -0.25) is 4.98 Å². The monoisotopic (exact) mass is 323 g/mol. The van der Waals surface area contributed by atoms with Crippen molar-refractivity contribution >= 4 is 28.3 Å². The number of rotatable bonds is 4. The first-order valence-electron chi connectivity index (χ1n) is 7.34. The maximum Gasteiger partial charge on any atom is 0.323 e. The van der Waals surface area contributed by atoms with Crippen molar-refractivity contribution in [2.45, 2.75) is 0 Å². The molecule has 6 nitrogen and oxygen atoms in total. The Morgan fingerprint density at radius 3 is 2.62 bits per heavy atom. The Balaban J connectivity index is 1.75.